The van der Waals surface area contributed by atoms with Crippen molar-refractivity contribution in [3.63, 3.8) is 0 Å². The molecule has 0 aliphatic carbocycles. The average molecular weight is 190 g/mol. The Morgan fingerprint density at radius 1 is 1.62 bits per heavy atom. The lowest BCUT2D eigenvalue weighted by Gasteiger charge is -2.07. The largest absolute Gasteiger partial charge is 0.450 e. The Morgan fingerprint density at radius 3 is 2.85 bits per heavy atom. The summed E-state index contributed by atoms with van der Waals surface area (Å²) in [5.74, 6) is 5.46. The van der Waals surface area contributed by atoms with E-state index >= 15 is 0 Å². The highest BCUT2D eigenvalue weighted by atomic mass is 16.5. The number of nitrogens with two attached hydrogens (primary N) is 1. The van der Waals surface area contributed by atoms with Crippen LogP contribution in [0.1, 0.15) is 19.8 Å². The van der Waals surface area contributed by atoms with Gasteiger partial charge in [-0.3, -0.25) is 5.01 Å². The summed E-state index contributed by atoms with van der Waals surface area (Å²) in [6.45, 7) is 3.90. The van der Waals surface area contributed by atoms with Crippen LogP contribution < -0.4 is 16.2 Å². The van der Waals surface area contributed by atoms with Gasteiger partial charge in [-0.2, -0.15) is 5.84 Å². The smallest absolute Gasteiger partial charge is 0.407 e. The minimum absolute atomic E-state index is 0.337. The first kappa shape index (κ1) is 12.2. The molecule has 0 bridgehead atoms. The molecule has 5 heteroatoms. The van der Waals surface area contributed by atoms with E-state index in [1.165, 1.54) is 0 Å². The molecule has 1 unspecified atom stereocenters. The molecule has 0 aliphatic rings. The van der Waals surface area contributed by atoms with E-state index < -0.39 is 0 Å². The molecule has 5 nitrogen and oxygen atoms in total. The van der Waals surface area contributed by atoms with Crippen molar-refractivity contribution in [1.29, 1.82) is 0 Å². The molecule has 78 valence electrons. The van der Waals surface area contributed by atoms with Crippen molar-refractivity contribution >= 4 is 6.09 Å². The van der Waals surface area contributed by atoms with Gasteiger partial charge in [-0.15, -0.1) is 0 Å². The van der Waals surface area contributed by atoms with Crippen molar-refractivity contribution in [3.05, 3.63) is 0 Å². The molecule has 0 aromatic heterocycles. The molecular formula is C8H20N3O2+. The Bertz CT molecular complexity index is 139. The first-order chi connectivity index (χ1) is 6.16. The van der Waals surface area contributed by atoms with Crippen LogP contribution in [0.25, 0.3) is 0 Å². The van der Waals surface area contributed by atoms with E-state index in [9.17, 15) is 4.79 Å². The standard InChI is InChI=1S/C8H19N3O2/c1-3-7-13-8(12)10-5-4-6-11(2)9/h3-7,9H2,1-2H3,(H,10,12)/p+1. The van der Waals surface area contributed by atoms with Gasteiger partial charge in [-0.25, -0.2) is 4.79 Å². The fourth-order valence-electron chi connectivity index (χ4n) is 0.803. The maximum atomic E-state index is 10.9. The van der Waals surface area contributed by atoms with Crippen LogP contribution >= 0.6 is 0 Å². The number of amides is 1. The fraction of sp³-hybridized carbons (Fsp3) is 0.875. The van der Waals surface area contributed by atoms with Crippen LogP contribution in [-0.4, -0.2) is 32.8 Å². The summed E-state index contributed by atoms with van der Waals surface area (Å²) in [7, 11) is 1.87. The molecule has 0 saturated carbocycles. The lowest BCUT2D eigenvalue weighted by Crippen LogP contribution is -3.14. The molecule has 0 aromatic rings. The number of quaternary nitrogens is 1. The number of rotatable bonds is 6. The van der Waals surface area contributed by atoms with E-state index in [1.807, 2.05) is 14.0 Å². The second-order valence-corrected chi connectivity index (χ2v) is 3.01. The van der Waals surface area contributed by atoms with Crippen LogP contribution in [0.15, 0.2) is 0 Å². The van der Waals surface area contributed by atoms with Crippen molar-refractivity contribution in [3.8, 4) is 0 Å². The van der Waals surface area contributed by atoms with Gasteiger partial charge < -0.3 is 10.1 Å². The molecule has 13 heavy (non-hydrogen) atoms. The van der Waals surface area contributed by atoms with Crippen molar-refractivity contribution in [1.82, 2.24) is 5.32 Å². The highest BCUT2D eigenvalue weighted by Gasteiger charge is 2.00. The van der Waals surface area contributed by atoms with E-state index in [-0.39, 0.29) is 6.09 Å². The highest BCUT2D eigenvalue weighted by Crippen LogP contribution is 1.81. The van der Waals surface area contributed by atoms with Crippen LogP contribution in [0, 0.1) is 0 Å². The Kier molecular flexibility index (Phi) is 7.33. The van der Waals surface area contributed by atoms with Gasteiger partial charge in [0.1, 0.15) is 0 Å². The van der Waals surface area contributed by atoms with Crippen molar-refractivity contribution < 1.29 is 14.5 Å². The first-order valence-electron chi connectivity index (χ1n) is 4.65. The molecule has 0 fully saturated rings. The highest BCUT2D eigenvalue weighted by molar-refractivity contribution is 5.66. The summed E-state index contributed by atoms with van der Waals surface area (Å²) >= 11 is 0. The number of ether oxygens (including phenoxy) is 1. The number of hydrogen-bond donors (Lipinski definition) is 3. The normalized spacial score (nSPS) is 12.2. The van der Waals surface area contributed by atoms with Crippen LogP contribution in [-0.2, 0) is 4.74 Å². The lowest BCUT2D eigenvalue weighted by atomic mass is 10.4. The van der Waals surface area contributed by atoms with E-state index in [4.69, 9.17) is 10.6 Å². The lowest BCUT2D eigenvalue weighted by molar-refractivity contribution is -0.892. The Hall–Kier alpha value is -0.810. The quantitative estimate of drug-likeness (QED) is 0.283. The van der Waals surface area contributed by atoms with Crippen molar-refractivity contribution in [2.45, 2.75) is 19.8 Å². The van der Waals surface area contributed by atoms with Gasteiger partial charge in [0, 0.05) is 13.0 Å². The van der Waals surface area contributed by atoms with Gasteiger partial charge in [0.05, 0.1) is 20.2 Å². The summed E-state index contributed by atoms with van der Waals surface area (Å²) in [4.78, 5) is 10.9. The third-order valence-corrected chi connectivity index (χ3v) is 1.45. The molecule has 1 atom stereocenters. The number of alkyl carbamates (subject to hydrolysis) is 1. The maximum Gasteiger partial charge on any atom is 0.407 e. The van der Waals surface area contributed by atoms with Crippen LogP contribution in [0.2, 0.25) is 0 Å². The van der Waals surface area contributed by atoms with Crippen LogP contribution in [0.5, 0.6) is 0 Å². The molecule has 0 heterocycles. The summed E-state index contributed by atoms with van der Waals surface area (Å²) in [5, 5.41) is 3.54. The van der Waals surface area contributed by atoms with Crippen LogP contribution in [0.3, 0.4) is 0 Å². The molecule has 1 amide bonds. The van der Waals surface area contributed by atoms with E-state index in [2.05, 4.69) is 5.32 Å². The predicted octanol–water partition coefficient (Wildman–Crippen LogP) is -1.10. The monoisotopic (exact) mass is 190 g/mol. The summed E-state index contributed by atoms with van der Waals surface area (Å²) in [6, 6.07) is 0. The predicted molar refractivity (Wildman–Crippen MR) is 50.2 cm³/mol. The topological polar surface area (TPSA) is 68.8 Å². The number of carbonyl (C=O) groups excluding carboxylic acids is 1. The van der Waals surface area contributed by atoms with E-state index in [0.717, 1.165) is 24.4 Å². The number of hydrogen-bond acceptors (Lipinski definition) is 3. The summed E-state index contributed by atoms with van der Waals surface area (Å²) < 4.78 is 4.81. The summed E-state index contributed by atoms with van der Waals surface area (Å²) in [6.07, 6.45) is 1.38. The zero-order valence-corrected chi connectivity index (χ0v) is 8.43. The second kappa shape index (κ2) is 7.82. The number of carbonyl (C=O) groups is 1. The molecule has 0 rings (SSSR count). The Labute approximate surface area is 79.2 Å². The van der Waals surface area contributed by atoms with Gasteiger partial charge in [0.25, 0.3) is 0 Å². The minimum Gasteiger partial charge on any atom is -0.450 e. The third kappa shape index (κ3) is 9.10. The van der Waals surface area contributed by atoms with Gasteiger partial charge in [0.15, 0.2) is 0 Å². The maximum absolute atomic E-state index is 10.9. The van der Waals surface area contributed by atoms with Crippen molar-refractivity contribution in [2.24, 2.45) is 5.84 Å². The van der Waals surface area contributed by atoms with Crippen LogP contribution in [0.4, 0.5) is 4.79 Å². The van der Waals surface area contributed by atoms with E-state index in [0.29, 0.717) is 13.2 Å². The third-order valence-electron chi connectivity index (χ3n) is 1.45. The molecule has 0 spiro atoms. The molecular weight excluding hydrogens is 170 g/mol. The zero-order valence-electron chi connectivity index (χ0n) is 8.43. The first-order valence-corrected chi connectivity index (χ1v) is 4.65. The Morgan fingerprint density at radius 2 is 2.31 bits per heavy atom. The van der Waals surface area contributed by atoms with E-state index in [1.54, 1.807) is 0 Å². The average Bonchev–Trinajstić information content (AvgIpc) is 2.08. The Balaban J connectivity index is 3.17. The zero-order chi connectivity index (χ0) is 10.1. The molecule has 0 radical (unpaired) electrons. The second-order valence-electron chi connectivity index (χ2n) is 3.01. The SMILES string of the molecule is CCCOC(=O)NCCC[NH+](C)N. The van der Waals surface area contributed by atoms with Gasteiger partial charge >= 0.3 is 6.09 Å². The molecule has 0 saturated heterocycles. The van der Waals surface area contributed by atoms with Gasteiger partial charge in [-0.1, -0.05) is 6.92 Å². The molecule has 0 aliphatic heterocycles. The van der Waals surface area contributed by atoms with Gasteiger partial charge in [-0.05, 0) is 6.42 Å². The minimum atomic E-state index is -0.337. The molecule has 4 N–H and O–H groups in total. The fourth-order valence-corrected chi connectivity index (χ4v) is 0.803. The molecule has 0 aromatic carbocycles. The van der Waals surface area contributed by atoms with Crippen molar-refractivity contribution in [2.75, 3.05) is 26.7 Å². The summed E-state index contributed by atoms with van der Waals surface area (Å²) in [5.41, 5.74) is 0. The van der Waals surface area contributed by atoms with Gasteiger partial charge in [0.2, 0.25) is 0 Å². The number of nitrogens with one attached hydrogen (secondary N) is 2.